The second-order valence-corrected chi connectivity index (χ2v) is 6.32. The van der Waals surface area contributed by atoms with Gasteiger partial charge >= 0.3 is 5.97 Å². The third-order valence-corrected chi connectivity index (χ3v) is 4.47. The van der Waals surface area contributed by atoms with E-state index in [1.807, 2.05) is 30.3 Å². The summed E-state index contributed by atoms with van der Waals surface area (Å²) in [7, 11) is 1.71. The molecule has 7 nitrogen and oxygen atoms in total. The molecule has 0 bridgehead atoms. The molecule has 0 aliphatic carbocycles. The fraction of sp³-hybridized carbons (Fsp3) is 0.250. The maximum absolute atomic E-state index is 12.7. The Morgan fingerprint density at radius 2 is 2.00 bits per heavy atom. The lowest BCUT2D eigenvalue weighted by atomic mass is 9.89. The Bertz CT molecular complexity index is 880. The normalized spacial score (nSPS) is 15.8. The molecule has 27 heavy (non-hydrogen) atoms. The summed E-state index contributed by atoms with van der Waals surface area (Å²) in [5.74, 6) is -1.49. The Kier molecular flexibility index (Phi) is 5.40. The number of anilines is 1. The lowest BCUT2D eigenvalue weighted by Crippen LogP contribution is -2.39. The van der Waals surface area contributed by atoms with Gasteiger partial charge in [0.15, 0.2) is 6.61 Å². The van der Waals surface area contributed by atoms with Gasteiger partial charge < -0.3 is 20.1 Å². The molecule has 140 valence electrons. The number of nitrogens with zero attached hydrogens (tertiary/aromatic N) is 1. The first-order valence-electron chi connectivity index (χ1n) is 8.52. The summed E-state index contributed by atoms with van der Waals surface area (Å²) in [6.45, 7) is -0.171. The van der Waals surface area contributed by atoms with Crippen molar-refractivity contribution in [2.24, 2.45) is 0 Å². The van der Waals surface area contributed by atoms with Crippen LogP contribution in [0.2, 0.25) is 0 Å². The second kappa shape index (κ2) is 7.90. The first kappa shape index (κ1) is 18.4. The molecular formula is C20H20N2O5. The second-order valence-electron chi connectivity index (χ2n) is 6.32. The Morgan fingerprint density at radius 3 is 2.78 bits per heavy atom. The molecule has 3 rings (SSSR count). The van der Waals surface area contributed by atoms with Gasteiger partial charge in [-0.1, -0.05) is 30.3 Å². The highest BCUT2D eigenvalue weighted by Crippen LogP contribution is 2.35. The Hall–Kier alpha value is -3.35. The van der Waals surface area contributed by atoms with E-state index in [2.05, 4.69) is 5.32 Å². The minimum absolute atomic E-state index is 0.0991. The van der Waals surface area contributed by atoms with Gasteiger partial charge in [-0.15, -0.1) is 0 Å². The number of amides is 2. The van der Waals surface area contributed by atoms with Gasteiger partial charge in [0.25, 0.3) is 0 Å². The first-order chi connectivity index (χ1) is 13.0. The van der Waals surface area contributed by atoms with Crippen molar-refractivity contribution in [3.8, 4) is 5.75 Å². The van der Waals surface area contributed by atoms with E-state index in [9.17, 15) is 14.4 Å². The Labute approximate surface area is 156 Å². The van der Waals surface area contributed by atoms with Crippen LogP contribution in [0.15, 0.2) is 48.5 Å². The number of carbonyl (C=O) groups excluding carboxylic acids is 2. The smallest absolute Gasteiger partial charge is 0.341 e. The lowest BCUT2D eigenvalue weighted by Gasteiger charge is -2.30. The molecule has 1 aliphatic rings. The number of aliphatic carboxylic acids is 1. The molecule has 1 aliphatic heterocycles. The minimum Gasteiger partial charge on any atom is -0.482 e. The monoisotopic (exact) mass is 368 g/mol. The third-order valence-electron chi connectivity index (χ3n) is 4.47. The van der Waals surface area contributed by atoms with Crippen LogP contribution in [0.5, 0.6) is 5.75 Å². The van der Waals surface area contributed by atoms with Gasteiger partial charge in [-0.25, -0.2) is 4.79 Å². The molecular weight excluding hydrogens is 348 g/mol. The number of hydrogen-bond acceptors (Lipinski definition) is 4. The molecule has 1 atom stereocenters. The van der Waals surface area contributed by atoms with Crippen molar-refractivity contribution in [3.05, 3.63) is 59.7 Å². The van der Waals surface area contributed by atoms with E-state index in [-0.39, 0.29) is 24.8 Å². The number of ether oxygens (including phenoxy) is 1. The van der Waals surface area contributed by atoms with E-state index in [1.54, 1.807) is 30.1 Å². The van der Waals surface area contributed by atoms with Crippen LogP contribution in [0.4, 0.5) is 5.69 Å². The van der Waals surface area contributed by atoms with Crippen molar-refractivity contribution < 1.29 is 24.2 Å². The maximum Gasteiger partial charge on any atom is 0.341 e. The first-order valence-corrected chi connectivity index (χ1v) is 8.52. The number of para-hydroxylation sites is 1. The zero-order valence-corrected chi connectivity index (χ0v) is 14.8. The van der Waals surface area contributed by atoms with Crippen LogP contribution < -0.4 is 15.0 Å². The largest absolute Gasteiger partial charge is 0.482 e. The molecule has 2 aromatic rings. The number of carboxylic acid groups (broad SMARTS) is 1. The Morgan fingerprint density at radius 1 is 1.22 bits per heavy atom. The van der Waals surface area contributed by atoms with Gasteiger partial charge in [0.1, 0.15) is 5.75 Å². The van der Waals surface area contributed by atoms with Crippen molar-refractivity contribution in [2.75, 3.05) is 18.6 Å². The van der Waals surface area contributed by atoms with Crippen molar-refractivity contribution >= 4 is 23.5 Å². The molecule has 0 radical (unpaired) electrons. The number of fused-ring (bicyclic) bond motifs is 1. The van der Waals surface area contributed by atoms with Gasteiger partial charge in [0.2, 0.25) is 11.8 Å². The van der Waals surface area contributed by atoms with E-state index < -0.39 is 18.5 Å². The SMILES string of the molecule is CN1C(=O)C[C@H](C(=O)NCc2cccc(OCC(=O)O)c2)c2ccccc21. The van der Waals surface area contributed by atoms with Gasteiger partial charge in [-0.3, -0.25) is 9.59 Å². The number of hydrogen-bond donors (Lipinski definition) is 2. The lowest BCUT2D eigenvalue weighted by molar-refractivity contribution is -0.139. The molecule has 0 saturated carbocycles. The molecule has 7 heteroatoms. The fourth-order valence-electron chi connectivity index (χ4n) is 3.08. The van der Waals surface area contributed by atoms with Crippen LogP contribution in [-0.4, -0.2) is 36.5 Å². The summed E-state index contributed by atoms with van der Waals surface area (Å²) >= 11 is 0. The minimum atomic E-state index is -1.06. The molecule has 0 aromatic heterocycles. The molecule has 0 spiro atoms. The summed E-state index contributed by atoms with van der Waals surface area (Å²) in [6, 6.07) is 14.3. The van der Waals surface area contributed by atoms with E-state index in [1.165, 1.54) is 0 Å². The van der Waals surface area contributed by atoms with E-state index in [0.717, 1.165) is 16.8 Å². The van der Waals surface area contributed by atoms with Gasteiger partial charge in [0.05, 0.1) is 5.92 Å². The Balaban J connectivity index is 1.68. The van der Waals surface area contributed by atoms with Crippen molar-refractivity contribution in [3.63, 3.8) is 0 Å². The zero-order valence-electron chi connectivity index (χ0n) is 14.8. The molecule has 0 saturated heterocycles. The number of carbonyl (C=O) groups is 3. The molecule has 0 fully saturated rings. The van der Waals surface area contributed by atoms with E-state index >= 15 is 0 Å². The summed E-state index contributed by atoms with van der Waals surface area (Å²) in [6.07, 6.45) is 0.126. The summed E-state index contributed by atoms with van der Waals surface area (Å²) < 4.78 is 5.14. The van der Waals surface area contributed by atoms with E-state index in [0.29, 0.717) is 5.75 Å². The average Bonchev–Trinajstić information content (AvgIpc) is 2.67. The standard InChI is InChI=1S/C20H20N2O5/c1-22-17-8-3-2-7-15(17)16(10-18(22)23)20(26)21-11-13-5-4-6-14(9-13)27-12-19(24)25/h2-9,16H,10-12H2,1H3,(H,21,26)(H,24,25)/t16-/m0/s1. The van der Waals surface area contributed by atoms with Crippen LogP contribution >= 0.6 is 0 Å². The van der Waals surface area contributed by atoms with Crippen LogP contribution in [0, 0.1) is 0 Å². The van der Waals surface area contributed by atoms with Crippen molar-refractivity contribution in [1.82, 2.24) is 5.32 Å². The van der Waals surface area contributed by atoms with Crippen molar-refractivity contribution in [1.29, 1.82) is 0 Å². The maximum atomic E-state index is 12.7. The van der Waals surface area contributed by atoms with Gasteiger partial charge in [-0.05, 0) is 29.3 Å². The fourth-order valence-corrected chi connectivity index (χ4v) is 3.08. The highest BCUT2D eigenvalue weighted by molar-refractivity contribution is 6.02. The third kappa shape index (κ3) is 4.25. The molecule has 0 unspecified atom stereocenters. The summed E-state index contributed by atoms with van der Waals surface area (Å²) in [5, 5.41) is 11.5. The van der Waals surface area contributed by atoms with Crippen LogP contribution in [-0.2, 0) is 20.9 Å². The number of rotatable bonds is 6. The van der Waals surface area contributed by atoms with Crippen molar-refractivity contribution in [2.45, 2.75) is 18.9 Å². The predicted octanol–water partition coefficient (Wildman–Crippen LogP) is 1.92. The van der Waals surface area contributed by atoms with Crippen LogP contribution in [0.25, 0.3) is 0 Å². The topological polar surface area (TPSA) is 95.9 Å². The van der Waals surface area contributed by atoms with E-state index in [4.69, 9.17) is 9.84 Å². The summed E-state index contributed by atoms with van der Waals surface area (Å²) in [4.78, 5) is 37.1. The number of nitrogens with one attached hydrogen (secondary N) is 1. The quantitative estimate of drug-likeness (QED) is 0.812. The highest BCUT2D eigenvalue weighted by Gasteiger charge is 2.33. The zero-order chi connectivity index (χ0) is 19.4. The van der Waals surface area contributed by atoms with Gasteiger partial charge in [0, 0.05) is 25.7 Å². The average molecular weight is 368 g/mol. The summed E-state index contributed by atoms with van der Waals surface area (Å²) in [5.41, 5.74) is 2.35. The highest BCUT2D eigenvalue weighted by atomic mass is 16.5. The molecule has 1 heterocycles. The molecule has 2 N–H and O–H groups in total. The molecule has 2 amide bonds. The predicted molar refractivity (Wildman–Crippen MR) is 98.6 cm³/mol. The number of carboxylic acids is 1. The van der Waals surface area contributed by atoms with Crippen LogP contribution in [0.1, 0.15) is 23.5 Å². The van der Waals surface area contributed by atoms with Crippen LogP contribution in [0.3, 0.4) is 0 Å². The van der Waals surface area contributed by atoms with Gasteiger partial charge in [-0.2, -0.15) is 0 Å². The molecule has 2 aromatic carbocycles. The number of benzene rings is 2.